The normalized spacial score (nSPS) is 23.6. The Bertz CT molecular complexity index is 1450. The molecule has 0 unspecified atom stereocenters. The molecule has 214 valence electrons. The maximum atomic E-state index is 6.81. The maximum absolute atomic E-state index is 6.81. The first-order chi connectivity index (χ1) is 20.8. The average molecular weight is 579 g/mol. The minimum absolute atomic E-state index is 0.304. The molecule has 2 heterocycles. The molecule has 42 heavy (non-hydrogen) atoms. The Kier molecular flexibility index (Phi) is 10.0. The molecule has 1 saturated heterocycles. The molecule has 0 aromatic heterocycles. The molecule has 6 rings (SSSR count). The van der Waals surface area contributed by atoms with Crippen LogP contribution in [0.2, 0.25) is 0 Å². The van der Waals surface area contributed by atoms with Crippen LogP contribution in [-0.2, 0) is 43.5 Å². The topological polar surface area (TPSA) is 46.2 Å². The van der Waals surface area contributed by atoms with E-state index in [9.17, 15) is 0 Å². The molecule has 1 fully saturated rings. The number of rotatable bonds is 9. The van der Waals surface area contributed by atoms with Crippen molar-refractivity contribution in [1.82, 2.24) is 0 Å². The number of hydrogen-bond donors (Lipinski definition) is 0. The van der Waals surface area contributed by atoms with Crippen LogP contribution < -0.4 is 0 Å². The molecule has 0 spiro atoms. The van der Waals surface area contributed by atoms with E-state index in [2.05, 4.69) is 54.3 Å². The zero-order valence-corrected chi connectivity index (χ0v) is 24.2. The molecule has 0 N–H and O–H groups in total. The van der Waals surface area contributed by atoms with Gasteiger partial charge >= 0.3 is 0 Å². The molecule has 6 heteroatoms. The van der Waals surface area contributed by atoms with E-state index in [1.165, 1.54) is 0 Å². The van der Waals surface area contributed by atoms with E-state index in [4.69, 9.17) is 23.7 Å². The fourth-order valence-corrected chi connectivity index (χ4v) is 6.35. The fraction of sp³-hybridized carbons (Fsp3) is 0.278. The summed E-state index contributed by atoms with van der Waals surface area (Å²) in [4.78, 5) is 1.04. The van der Waals surface area contributed by atoms with Crippen molar-refractivity contribution in [2.24, 2.45) is 0 Å². The van der Waals surface area contributed by atoms with Gasteiger partial charge in [0.15, 0.2) is 0 Å². The molecule has 0 amide bonds. The first kappa shape index (κ1) is 28.7. The zero-order valence-electron chi connectivity index (χ0n) is 23.3. The molecule has 0 saturated carbocycles. The molecule has 5 atom stereocenters. The van der Waals surface area contributed by atoms with Gasteiger partial charge in [-0.25, -0.2) is 0 Å². The molecule has 4 aromatic rings. The van der Waals surface area contributed by atoms with Gasteiger partial charge in [0.25, 0.3) is 0 Å². The van der Waals surface area contributed by atoms with E-state index in [0.717, 1.165) is 27.1 Å². The van der Waals surface area contributed by atoms with Gasteiger partial charge in [0, 0.05) is 10.5 Å². The van der Waals surface area contributed by atoms with Crippen molar-refractivity contribution in [2.45, 2.75) is 54.6 Å². The van der Waals surface area contributed by atoms with Crippen molar-refractivity contribution in [1.29, 1.82) is 0 Å². The first-order valence-electron chi connectivity index (χ1n) is 14.3. The predicted octanol–water partition coefficient (Wildman–Crippen LogP) is 6.64. The van der Waals surface area contributed by atoms with Gasteiger partial charge in [-0.15, -0.1) is 0 Å². The van der Waals surface area contributed by atoms with Gasteiger partial charge in [0.1, 0.15) is 36.5 Å². The highest BCUT2D eigenvalue weighted by Crippen LogP contribution is 2.39. The van der Waals surface area contributed by atoms with Gasteiger partial charge in [0.2, 0.25) is 0 Å². The van der Waals surface area contributed by atoms with Crippen LogP contribution in [0.15, 0.2) is 120 Å². The van der Waals surface area contributed by atoms with Crippen molar-refractivity contribution in [3.8, 4) is 11.8 Å². The van der Waals surface area contributed by atoms with Gasteiger partial charge in [-0.1, -0.05) is 127 Å². The molecule has 2 bridgehead atoms. The van der Waals surface area contributed by atoms with Crippen LogP contribution in [0.5, 0.6) is 0 Å². The third-order valence-electron chi connectivity index (χ3n) is 7.26. The summed E-state index contributed by atoms with van der Waals surface area (Å²) in [6.07, 6.45) is -1.67. The van der Waals surface area contributed by atoms with Gasteiger partial charge in [-0.05, 0) is 28.8 Å². The fourth-order valence-electron chi connectivity index (χ4n) is 5.13. The summed E-state index contributed by atoms with van der Waals surface area (Å²) >= 11 is 1.62. The zero-order chi connectivity index (χ0) is 28.4. The van der Waals surface area contributed by atoms with Crippen molar-refractivity contribution < 1.29 is 23.7 Å². The van der Waals surface area contributed by atoms with Gasteiger partial charge in [-0.3, -0.25) is 0 Å². The molecular weight excluding hydrogens is 544 g/mol. The lowest BCUT2D eigenvalue weighted by atomic mass is 9.99. The van der Waals surface area contributed by atoms with Crippen LogP contribution in [-0.4, -0.2) is 43.1 Å². The van der Waals surface area contributed by atoms with Crippen molar-refractivity contribution in [3.05, 3.63) is 138 Å². The minimum atomic E-state index is -0.435. The Morgan fingerprint density at radius 3 is 1.76 bits per heavy atom. The molecule has 0 aliphatic carbocycles. The van der Waals surface area contributed by atoms with E-state index in [-0.39, 0.29) is 11.5 Å². The summed E-state index contributed by atoms with van der Waals surface area (Å²) in [6, 6.07) is 38.7. The lowest BCUT2D eigenvalue weighted by Crippen LogP contribution is -2.60. The number of hydrogen-bond acceptors (Lipinski definition) is 6. The predicted molar refractivity (Wildman–Crippen MR) is 164 cm³/mol. The molecular formula is C36H34O5S. The van der Waals surface area contributed by atoms with Crippen LogP contribution in [0.4, 0.5) is 0 Å². The van der Waals surface area contributed by atoms with E-state index in [1.807, 2.05) is 72.8 Å². The monoisotopic (exact) mass is 578 g/mol. The van der Waals surface area contributed by atoms with E-state index in [0.29, 0.717) is 33.0 Å². The van der Waals surface area contributed by atoms with E-state index >= 15 is 0 Å². The quantitative estimate of drug-likeness (QED) is 0.208. The van der Waals surface area contributed by atoms with Crippen molar-refractivity contribution in [2.75, 3.05) is 13.2 Å². The SMILES string of the molecule is C1#Cc2ccccc2S[C@H]2O[C@H](COC1)[C@H](OCc1ccccc1)[C@H](OCc1ccccc1)[C@H]2OCc1ccccc1. The largest absolute Gasteiger partial charge is 0.368 e. The Hall–Kier alpha value is -3.41. The number of fused-ring (bicyclic) bond motifs is 3. The summed E-state index contributed by atoms with van der Waals surface area (Å²) in [6.45, 7) is 1.90. The van der Waals surface area contributed by atoms with Gasteiger partial charge in [0.05, 0.1) is 26.4 Å². The van der Waals surface area contributed by atoms with E-state index < -0.39 is 18.3 Å². The molecule has 2 aliphatic rings. The Morgan fingerprint density at radius 2 is 1.14 bits per heavy atom. The molecule has 0 radical (unpaired) electrons. The van der Waals surface area contributed by atoms with Crippen LogP contribution in [0, 0.1) is 11.8 Å². The standard InChI is InChI=1S/C36H34O5S/c1-4-13-27(14-5-1)23-38-33-31-26-37-22-12-20-30-19-10-11-21-32(30)42-36(41-31)35(40-25-29-17-8-3-9-18-29)34(33)39-24-28-15-6-2-7-16-28/h1-11,13-19,21,31,33-36H,22-26H2/t31-,33+,34+,35-,36-/m1/s1. The van der Waals surface area contributed by atoms with Crippen molar-refractivity contribution >= 4 is 11.8 Å². The second-order valence-electron chi connectivity index (χ2n) is 10.3. The summed E-state index contributed by atoms with van der Waals surface area (Å²) in [5, 5.41) is 0. The van der Waals surface area contributed by atoms with Gasteiger partial charge in [-0.2, -0.15) is 0 Å². The Morgan fingerprint density at radius 1 is 0.619 bits per heavy atom. The van der Waals surface area contributed by atoms with E-state index in [1.54, 1.807) is 11.8 Å². The highest BCUT2D eigenvalue weighted by Gasteiger charge is 2.49. The Balaban J connectivity index is 1.35. The lowest BCUT2D eigenvalue weighted by Gasteiger charge is -2.46. The highest BCUT2D eigenvalue weighted by atomic mass is 32.2. The smallest absolute Gasteiger partial charge is 0.137 e. The average Bonchev–Trinajstić information content (AvgIpc) is 3.08. The summed E-state index contributed by atoms with van der Waals surface area (Å²) < 4.78 is 33.0. The maximum Gasteiger partial charge on any atom is 0.137 e. The van der Waals surface area contributed by atoms with Gasteiger partial charge < -0.3 is 23.7 Å². The number of thioether (sulfide) groups is 1. The second-order valence-corrected chi connectivity index (χ2v) is 11.4. The third kappa shape index (κ3) is 7.50. The third-order valence-corrected chi connectivity index (χ3v) is 8.48. The van der Waals surface area contributed by atoms with Crippen molar-refractivity contribution in [3.63, 3.8) is 0 Å². The highest BCUT2D eigenvalue weighted by molar-refractivity contribution is 7.99. The van der Waals surface area contributed by atoms with Crippen LogP contribution in [0.1, 0.15) is 22.3 Å². The lowest BCUT2D eigenvalue weighted by molar-refractivity contribution is -0.253. The number of benzene rings is 4. The molecule has 2 aliphatic heterocycles. The van der Waals surface area contributed by atoms with Crippen LogP contribution >= 0.6 is 11.8 Å². The molecule has 4 aromatic carbocycles. The Labute approximate surface area is 252 Å². The number of ether oxygens (including phenoxy) is 5. The summed E-state index contributed by atoms with van der Waals surface area (Å²) in [5.41, 5.74) is 3.82. The minimum Gasteiger partial charge on any atom is -0.368 e. The van der Waals surface area contributed by atoms with Crippen LogP contribution in [0.25, 0.3) is 0 Å². The second kappa shape index (κ2) is 14.7. The van der Waals surface area contributed by atoms with Crippen LogP contribution in [0.3, 0.4) is 0 Å². The summed E-state index contributed by atoms with van der Waals surface area (Å²) in [5.74, 6) is 6.44. The summed E-state index contributed by atoms with van der Waals surface area (Å²) in [7, 11) is 0. The first-order valence-corrected chi connectivity index (χ1v) is 15.2. The molecule has 5 nitrogen and oxygen atoms in total.